The van der Waals surface area contributed by atoms with E-state index < -0.39 is 0 Å². The molecule has 0 N–H and O–H groups in total. The van der Waals surface area contributed by atoms with E-state index >= 15 is 0 Å². The second-order valence-electron chi connectivity index (χ2n) is 8.24. The van der Waals surface area contributed by atoms with Gasteiger partial charge in [0.05, 0.1) is 19.6 Å². The van der Waals surface area contributed by atoms with Crippen LogP contribution in [0.25, 0.3) is 0 Å². The van der Waals surface area contributed by atoms with Crippen molar-refractivity contribution in [1.29, 1.82) is 0 Å². The predicted molar refractivity (Wildman–Crippen MR) is 105 cm³/mol. The zero-order valence-electron chi connectivity index (χ0n) is 16.5. The molecule has 2 aliphatic rings. The number of amides is 1. The summed E-state index contributed by atoms with van der Waals surface area (Å²) in [6, 6.07) is 9.01. The van der Waals surface area contributed by atoms with Crippen LogP contribution in [0.2, 0.25) is 0 Å². The van der Waals surface area contributed by atoms with Crippen molar-refractivity contribution in [3.63, 3.8) is 0 Å². The Balaban J connectivity index is 1.57. The Bertz CT molecular complexity index is 564. The van der Waals surface area contributed by atoms with Gasteiger partial charge in [0.2, 0.25) is 5.91 Å². The first-order valence-electron chi connectivity index (χ1n) is 10.3. The predicted octanol–water partition coefficient (Wildman–Crippen LogP) is 3.14. The zero-order chi connectivity index (χ0) is 18.4. The Morgan fingerprint density at radius 1 is 1.08 bits per heavy atom. The normalized spacial score (nSPS) is 22.0. The number of piperidine rings is 1. The van der Waals surface area contributed by atoms with E-state index in [2.05, 4.69) is 47.9 Å². The molecule has 0 aliphatic carbocycles. The molecule has 2 fully saturated rings. The van der Waals surface area contributed by atoms with Crippen molar-refractivity contribution in [3.8, 4) is 0 Å². The Kier molecular flexibility index (Phi) is 7.09. The van der Waals surface area contributed by atoms with Gasteiger partial charge in [0, 0.05) is 32.2 Å². The highest BCUT2D eigenvalue weighted by Gasteiger charge is 2.28. The summed E-state index contributed by atoms with van der Waals surface area (Å²) in [6.07, 6.45) is 5.14. The van der Waals surface area contributed by atoms with Crippen molar-refractivity contribution < 1.29 is 9.53 Å². The monoisotopic (exact) mass is 358 g/mol. The molecule has 1 amide bonds. The molecule has 144 valence electrons. The summed E-state index contributed by atoms with van der Waals surface area (Å²) in [5, 5.41) is 0. The molecule has 0 unspecified atom stereocenters. The van der Waals surface area contributed by atoms with Crippen LogP contribution in [0.15, 0.2) is 24.3 Å². The van der Waals surface area contributed by atoms with Gasteiger partial charge >= 0.3 is 0 Å². The third-order valence-corrected chi connectivity index (χ3v) is 5.54. The fourth-order valence-electron chi connectivity index (χ4n) is 4.14. The standard InChI is InChI=1S/C22H34N2O2/c1-18(2)15-19-6-8-20(9-7-19)16-22(25)24-10-4-3-5-21(24)17-23-11-13-26-14-12-23/h6-9,18,21H,3-5,10-17H2,1-2H3/t21-/m1/s1. The zero-order valence-corrected chi connectivity index (χ0v) is 16.5. The lowest BCUT2D eigenvalue weighted by atomic mass is 9.98. The highest BCUT2D eigenvalue weighted by atomic mass is 16.5. The van der Waals surface area contributed by atoms with Gasteiger partial charge in [-0.2, -0.15) is 0 Å². The summed E-state index contributed by atoms with van der Waals surface area (Å²) in [4.78, 5) is 17.6. The molecule has 0 bridgehead atoms. The van der Waals surface area contributed by atoms with Gasteiger partial charge in [0.15, 0.2) is 0 Å². The molecule has 3 rings (SSSR count). The van der Waals surface area contributed by atoms with Crippen molar-refractivity contribution in [1.82, 2.24) is 9.80 Å². The lowest BCUT2D eigenvalue weighted by molar-refractivity contribution is -0.134. The molecule has 2 aliphatic heterocycles. The van der Waals surface area contributed by atoms with E-state index in [9.17, 15) is 4.79 Å². The molecule has 0 spiro atoms. The molecule has 1 aromatic rings. The van der Waals surface area contributed by atoms with E-state index in [1.165, 1.54) is 12.0 Å². The molecule has 1 aromatic carbocycles. The van der Waals surface area contributed by atoms with E-state index in [1.54, 1.807) is 0 Å². The number of rotatable bonds is 6. The fraction of sp³-hybridized carbons (Fsp3) is 0.682. The summed E-state index contributed by atoms with van der Waals surface area (Å²) in [5.41, 5.74) is 2.50. The smallest absolute Gasteiger partial charge is 0.227 e. The largest absolute Gasteiger partial charge is 0.379 e. The van der Waals surface area contributed by atoms with Crippen molar-refractivity contribution >= 4 is 5.91 Å². The van der Waals surface area contributed by atoms with Crippen molar-refractivity contribution in [2.75, 3.05) is 39.4 Å². The van der Waals surface area contributed by atoms with Crippen LogP contribution in [-0.2, 0) is 22.4 Å². The average molecular weight is 359 g/mol. The minimum atomic E-state index is 0.291. The van der Waals surface area contributed by atoms with Gasteiger partial charge in [-0.05, 0) is 42.7 Å². The van der Waals surface area contributed by atoms with Crippen molar-refractivity contribution in [2.24, 2.45) is 5.92 Å². The van der Waals surface area contributed by atoms with E-state index in [4.69, 9.17) is 4.74 Å². The minimum absolute atomic E-state index is 0.291. The quantitative estimate of drug-likeness (QED) is 0.783. The second kappa shape index (κ2) is 9.52. The van der Waals surface area contributed by atoms with E-state index in [0.29, 0.717) is 24.3 Å². The number of morpholine rings is 1. The number of carbonyl (C=O) groups excluding carboxylic acids is 1. The highest BCUT2D eigenvalue weighted by Crippen LogP contribution is 2.20. The van der Waals surface area contributed by atoms with E-state index in [1.807, 2.05) is 0 Å². The Morgan fingerprint density at radius 3 is 2.46 bits per heavy atom. The van der Waals surface area contributed by atoms with Crippen molar-refractivity contribution in [3.05, 3.63) is 35.4 Å². The third kappa shape index (κ3) is 5.55. The molecular weight excluding hydrogens is 324 g/mol. The van der Waals surface area contributed by atoms with Crippen LogP contribution in [-0.4, -0.2) is 61.1 Å². The molecule has 0 saturated carbocycles. The average Bonchev–Trinajstić information content (AvgIpc) is 2.64. The SMILES string of the molecule is CC(C)Cc1ccc(CC(=O)N2CCCC[C@@H]2CN2CCOCC2)cc1. The molecule has 26 heavy (non-hydrogen) atoms. The fourth-order valence-corrected chi connectivity index (χ4v) is 4.14. The van der Waals surface area contributed by atoms with E-state index in [0.717, 1.165) is 64.2 Å². The number of hydrogen-bond donors (Lipinski definition) is 0. The van der Waals surface area contributed by atoms with Crippen LogP contribution in [0.1, 0.15) is 44.2 Å². The molecule has 1 atom stereocenters. The summed E-state index contributed by atoms with van der Waals surface area (Å²) < 4.78 is 5.45. The number of ether oxygens (including phenoxy) is 1. The molecule has 2 heterocycles. The maximum atomic E-state index is 13.0. The summed E-state index contributed by atoms with van der Waals surface area (Å²) in [5.74, 6) is 0.955. The van der Waals surface area contributed by atoms with Crippen LogP contribution in [0.5, 0.6) is 0 Å². The van der Waals surface area contributed by atoms with E-state index in [-0.39, 0.29) is 0 Å². The van der Waals surface area contributed by atoms with Crippen LogP contribution in [0.4, 0.5) is 0 Å². The molecule has 0 radical (unpaired) electrons. The molecule has 4 heteroatoms. The van der Waals surface area contributed by atoms with Gasteiger partial charge in [-0.15, -0.1) is 0 Å². The first kappa shape index (κ1) is 19.4. The van der Waals surface area contributed by atoms with Crippen LogP contribution in [0, 0.1) is 5.92 Å². The topological polar surface area (TPSA) is 32.8 Å². The van der Waals surface area contributed by atoms with Gasteiger partial charge < -0.3 is 9.64 Å². The van der Waals surface area contributed by atoms with Gasteiger partial charge in [0.25, 0.3) is 0 Å². The number of likely N-dealkylation sites (tertiary alicyclic amines) is 1. The Morgan fingerprint density at radius 2 is 1.77 bits per heavy atom. The summed E-state index contributed by atoms with van der Waals surface area (Å²) >= 11 is 0. The van der Waals surface area contributed by atoms with Crippen LogP contribution in [0.3, 0.4) is 0 Å². The summed E-state index contributed by atoms with van der Waals surface area (Å²) in [6.45, 7) is 10.0. The van der Waals surface area contributed by atoms with Gasteiger partial charge in [-0.3, -0.25) is 9.69 Å². The number of hydrogen-bond acceptors (Lipinski definition) is 3. The first-order chi connectivity index (χ1) is 12.6. The second-order valence-corrected chi connectivity index (χ2v) is 8.24. The third-order valence-electron chi connectivity index (χ3n) is 5.54. The lowest BCUT2D eigenvalue weighted by Gasteiger charge is -2.39. The first-order valence-corrected chi connectivity index (χ1v) is 10.3. The number of carbonyl (C=O) groups is 1. The van der Waals surface area contributed by atoms with Crippen LogP contribution >= 0.6 is 0 Å². The molecule has 2 saturated heterocycles. The number of benzene rings is 1. The maximum Gasteiger partial charge on any atom is 0.227 e. The Hall–Kier alpha value is -1.39. The Labute approximate surface area is 158 Å². The van der Waals surface area contributed by atoms with Gasteiger partial charge in [-0.25, -0.2) is 0 Å². The minimum Gasteiger partial charge on any atom is -0.379 e. The van der Waals surface area contributed by atoms with Gasteiger partial charge in [0.1, 0.15) is 0 Å². The number of nitrogens with zero attached hydrogens (tertiary/aromatic N) is 2. The summed E-state index contributed by atoms with van der Waals surface area (Å²) in [7, 11) is 0. The molecular formula is C22H34N2O2. The molecule has 0 aromatic heterocycles. The van der Waals surface area contributed by atoms with Crippen LogP contribution < -0.4 is 0 Å². The highest BCUT2D eigenvalue weighted by molar-refractivity contribution is 5.79. The lowest BCUT2D eigenvalue weighted by Crippen LogP contribution is -2.51. The maximum absolute atomic E-state index is 13.0. The van der Waals surface area contributed by atoms with Crippen molar-refractivity contribution in [2.45, 2.75) is 52.0 Å². The molecule has 4 nitrogen and oxygen atoms in total. The van der Waals surface area contributed by atoms with Gasteiger partial charge in [-0.1, -0.05) is 38.1 Å².